The molecule has 0 unspecified atom stereocenters. The number of alkyl carbamates (subject to hydrolysis) is 1. The zero-order valence-corrected chi connectivity index (χ0v) is 18.0. The van der Waals surface area contributed by atoms with E-state index in [1.54, 1.807) is 12.1 Å². The first-order chi connectivity index (χ1) is 13.7. The first kappa shape index (κ1) is 24.6. The average Bonchev–Trinajstić information content (AvgIpc) is 2.64. The number of carbonyl (C=O) groups excluding carboxylic acids is 3. The van der Waals surface area contributed by atoms with Crippen molar-refractivity contribution < 1.29 is 23.9 Å². The molecule has 0 aliphatic carbocycles. The van der Waals surface area contributed by atoms with Crippen LogP contribution in [0.3, 0.4) is 0 Å². The monoisotopic (exact) mass is 406 g/mol. The number of Topliss-reactive ketones (excluding diaryl/α,β-unsaturated/α-hetero) is 1. The highest BCUT2D eigenvalue weighted by molar-refractivity contribution is 5.94. The Kier molecular flexibility index (Phi) is 11.0. The van der Waals surface area contributed by atoms with Gasteiger partial charge < -0.3 is 20.1 Å². The van der Waals surface area contributed by atoms with E-state index in [4.69, 9.17) is 9.47 Å². The fourth-order valence-electron chi connectivity index (χ4n) is 2.60. The number of ketones is 1. The van der Waals surface area contributed by atoms with Gasteiger partial charge in [-0.25, -0.2) is 4.79 Å². The summed E-state index contributed by atoms with van der Waals surface area (Å²) in [6.07, 6.45) is 3.75. The van der Waals surface area contributed by atoms with Gasteiger partial charge in [-0.05, 0) is 51.3 Å². The number of unbranched alkanes of at least 4 members (excludes halogenated alkanes) is 3. The maximum atomic E-state index is 12.2. The van der Waals surface area contributed by atoms with E-state index in [1.807, 2.05) is 32.9 Å². The molecule has 0 heterocycles. The van der Waals surface area contributed by atoms with Crippen molar-refractivity contribution in [3.8, 4) is 0 Å². The van der Waals surface area contributed by atoms with E-state index in [0.717, 1.165) is 31.2 Å². The SMILES string of the molecule is COCC(=O)CCCCCCNC(=O)c1ccc(CNC(=O)OC(C)(C)C)cc1. The largest absolute Gasteiger partial charge is 0.444 e. The summed E-state index contributed by atoms with van der Waals surface area (Å²) in [7, 11) is 1.52. The number of rotatable bonds is 12. The van der Waals surface area contributed by atoms with Crippen molar-refractivity contribution in [1.29, 1.82) is 0 Å². The van der Waals surface area contributed by atoms with E-state index < -0.39 is 11.7 Å². The molecular formula is C22H34N2O5. The molecule has 1 rings (SSSR count). The fraction of sp³-hybridized carbons (Fsp3) is 0.591. The molecule has 0 spiro atoms. The maximum absolute atomic E-state index is 12.2. The van der Waals surface area contributed by atoms with Crippen LogP contribution >= 0.6 is 0 Å². The maximum Gasteiger partial charge on any atom is 0.407 e. The normalized spacial score (nSPS) is 11.0. The van der Waals surface area contributed by atoms with Crippen molar-refractivity contribution in [1.82, 2.24) is 10.6 Å². The third kappa shape index (κ3) is 11.9. The zero-order valence-electron chi connectivity index (χ0n) is 18.0. The first-order valence-electron chi connectivity index (χ1n) is 10.1. The van der Waals surface area contributed by atoms with Gasteiger partial charge in [0, 0.05) is 32.2 Å². The lowest BCUT2D eigenvalue weighted by molar-refractivity contribution is -0.122. The molecule has 7 nitrogen and oxygen atoms in total. The van der Waals surface area contributed by atoms with Gasteiger partial charge in [-0.3, -0.25) is 9.59 Å². The smallest absolute Gasteiger partial charge is 0.407 e. The number of hydrogen-bond acceptors (Lipinski definition) is 5. The van der Waals surface area contributed by atoms with Gasteiger partial charge in [-0.15, -0.1) is 0 Å². The highest BCUT2D eigenvalue weighted by Crippen LogP contribution is 2.08. The topological polar surface area (TPSA) is 93.7 Å². The van der Waals surface area contributed by atoms with Gasteiger partial charge in [0.05, 0.1) is 0 Å². The molecule has 0 saturated carbocycles. The standard InChI is InChI=1S/C22H34N2O5/c1-22(2,3)29-21(27)24-15-17-10-12-18(13-11-17)20(26)23-14-8-6-5-7-9-19(25)16-28-4/h10-13H,5-9,14-16H2,1-4H3,(H,23,26)(H,24,27). The second-order valence-corrected chi connectivity index (χ2v) is 7.94. The Hall–Kier alpha value is -2.41. The Labute approximate surface area is 173 Å². The number of hydrogen-bond donors (Lipinski definition) is 2. The first-order valence-corrected chi connectivity index (χ1v) is 10.1. The molecular weight excluding hydrogens is 372 g/mol. The lowest BCUT2D eigenvalue weighted by Crippen LogP contribution is -2.32. The Morgan fingerprint density at radius 3 is 2.21 bits per heavy atom. The number of carbonyl (C=O) groups is 3. The van der Waals surface area contributed by atoms with Crippen LogP contribution in [0.25, 0.3) is 0 Å². The summed E-state index contributed by atoms with van der Waals surface area (Å²) in [5.41, 5.74) is 0.930. The van der Waals surface area contributed by atoms with Crippen LogP contribution in [0, 0.1) is 0 Å². The van der Waals surface area contributed by atoms with Crippen LogP contribution in [-0.2, 0) is 20.8 Å². The highest BCUT2D eigenvalue weighted by atomic mass is 16.6. The molecule has 0 saturated heterocycles. The molecule has 0 aliphatic heterocycles. The summed E-state index contributed by atoms with van der Waals surface area (Å²) in [6, 6.07) is 7.10. The minimum atomic E-state index is -0.534. The van der Waals surface area contributed by atoms with Crippen LogP contribution in [0.1, 0.15) is 68.8 Å². The Morgan fingerprint density at radius 1 is 0.931 bits per heavy atom. The Morgan fingerprint density at radius 2 is 1.59 bits per heavy atom. The lowest BCUT2D eigenvalue weighted by atomic mass is 10.1. The summed E-state index contributed by atoms with van der Waals surface area (Å²) in [5.74, 6) is 0.0115. The van der Waals surface area contributed by atoms with E-state index in [9.17, 15) is 14.4 Å². The molecule has 0 atom stereocenters. The van der Waals surface area contributed by atoms with Crippen molar-refractivity contribution in [2.75, 3.05) is 20.3 Å². The summed E-state index contributed by atoms with van der Waals surface area (Å²) in [6.45, 7) is 6.56. The van der Waals surface area contributed by atoms with E-state index >= 15 is 0 Å². The minimum absolute atomic E-state index is 0.119. The third-order valence-corrected chi connectivity index (χ3v) is 4.03. The number of methoxy groups -OCH3 is 1. The molecule has 2 amide bonds. The molecule has 0 aromatic heterocycles. The number of nitrogens with one attached hydrogen (secondary N) is 2. The van der Waals surface area contributed by atoms with Crippen molar-refractivity contribution in [2.45, 2.75) is 65.0 Å². The summed E-state index contributed by atoms with van der Waals surface area (Å²) < 4.78 is 9.98. The van der Waals surface area contributed by atoms with Crippen LogP contribution in [0.5, 0.6) is 0 Å². The van der Waals surface area contributed by atoms with Gasteiger partial charge in [-0.1, -0.05) is 25.0 Å². The van der Waals surface area contributed by atoms with Gasteiger partial charge in [0.15, 0.2) is 5.78 Å². The van der Waals surface area contributed by atoms with Crippen molar-refractivity contribution in [2.24, 2.45) is 0 Å². The molecule has 162 valence electrons. The summed E-state index contributed by atoms with van der Waals surface area (Å²) >= 11 is 0. The van der Waals surface area contributed by atoms with Crippen LogP contribution in [-0.4, -0.2) is 43.6 Å². The molecule has 0 radical (unpaired) electrons. The zero-order chi connectivity index (χ0) is 21.7. The van der Waals surface area contributed by atoms with E-state index in [1.165, 1.54) is 7.11 Å². The van der Waals surface area contributed by atoms with Crippen molar-refractivity contribution in [3.05, 3.63) is 35.4 Å². The van der Waals surface area contributed by atoms with E-state index in [2.05, 4.69) is 10.6 Å². The summed E-state index contributed by atoms with van der Waals surface area (Å²) in [4.78, 5) is 35.2. The van der Waals surface area contributed by atoms with Crippen LogP contribution in [0.4, 0.5) is 4.79 Å². The van der Waals surface area contributed by atoms with E-state index in [0.29, 0.717) is 25.1 Å². The quantitative estimate of drug-likeness (QED) is 0.517. The molecule has 1 aromatic rings. The molecule has 0 fully saturated rings. The predicted molar refractivity (Wildman–Crippen MR) is 112 cm³/mol. The van der Waals surface area contributed by atoms with E-state index in [-0.39, 0.29) is 18.3 Å². The van der Waals surface area contributed by atoms with Gasteiger partial charge in [0.1, 0.15) is 12.2 Å². The number of amides is 2. The minimum Gasteiger partial charge on any atom is -0.444 e. The molecule has 2 N–H and O–H groups in total. The molecule has 1 aromatic carbocycles. The highest BCUT2D eigenvalue weighted by Gasteiger charge is 2.15. The second kappa shape index (κ2) is 12.9. The molecule has 0 aliphatic rings. The molecule has 7 heteroatoms. The Balaban J connectivity index is 2.22. The average molecular weight is 407 g/mol. The predicted octanol–water partition coefficient (Wildman–Crippen LogP) is 3.61. The Bertz CT molecular complexity index is 650. The van der Waals surface area contributed by atoms with Gasteiger partial charge in [-0.2, -0.15) is 0 Å². The number of ether oxygens (including phenoxy) is 2. The van der Waals surface area contributed by atoms with Gasteiger partial charge in [0.2, 0.25) is 0 Å². The van der Waals surface area contributed by atoms with Crippen LogP contribution < -0.4 is 10.6 Å². The molecule has 0 bridgehead atoms. The van der Waals surface area contributed by atoms with Crippen LogP contribution in [0.15, 0.2) is 24.3 Å². The van der Waals surface area contributed by atoms with Gasteiger partial charge >= 0.3 is 6.09 Å². The third-order valence-electron chi connectivity index (χ3n) is 4.03. The van der Waals surface area contributed by atoms with Crippen LogP contribution in [0.2, 0.25) is 0 Å². The second-order valence-electron chi connectivity index (χ2n) is 7.94. The molecule has 29 heavy (non-hydrogen) atoms. The van der Waals surface area contributed by atoms with Crippen molar-refractivity contribution in [3.63, 3.8) is 0 Å². The van der Waals surface area contributed by atoms with Crippen molar-refractivity contribution >= 4 is 17.8 Å². The van der Waals surface area contributed by atoms with Gasteiger partial charge in [0.25, 0.3) is 5.91 Å². The fourth-order valence-corrected chi connectivity index (χ4v) is 2.60. The number of benzene rings is 1. The summed E-state index contributed by atoms with van der Waals surface area (Å²) in [5, 5.41) is 5.59. The lowest BCUT2D eigenvalue weighted by Gasteiger charge is -2.19.